The Morgan fingerprint density at radius 2 is 1.92 bits per heavy atom. The standard InChI is InChI=1S/C17H22N4O3S2/c1-12-10-18-16(25-12)11-19-17(22)20-13-6-8-15(9-7-13)26(23,24)21-14-4-2-3-5-14/h6-10,14,21H,2-5,11H2,1H3,(H2,19,20,22). The number of rotatable bonds is 6. The number of aromatic nitrogens is 1. The summed E-state index contributed by atoms with van der Waals surface area (Å²) in [5.41, 5.74) is 0.526. The quantitative estimate of drug-likeness (QED) is 0.701. The van der Waals surface area contributed by atoms with Gasteiger partial charge in [0, 0.05) is 22.8 Å². The third-order valence-corrected chi connectivity index (χ3v) is 6.62. The van der Waals surface area contributed by atoms with Crippen LogP contribution in [0, 0.1) is 6.92 Å². The number of thiazole rings is 1. The predicted molar refractivity (Wildman–Crippen MR) is 102 cm³/mol. The first-order chi connectivity index (χ1) is 12.4. The molecule has 3 N–H and O–H groups in total. The largest absolute Gasteiger partial charge is 0.331 e. The normalized spacial score (nSPS) is 15.1. The van der Waals surface area contributed by atoms with E-state index in [0.29, 0.717) is 12.2 Å². The van der Waals surface area contributed by atoms with Gasteiger partial charge in [-0.05, 0) is 44.0 Å². The van der Waals surface area contributed by atoms with Crippen molar-refractivity contribution in [2.75, 3.05) is 5.32 Å². The summed E-state index contributed by atoms with van der Waals surface area (Å²) in [6.07, 6.45) is 5.66. The zero-order valence-electron chi connectivity index (χ0n) is 14.5. The van der Waals surface area contributed by atoms with Gasteiger partial charge in [-0.1, -0.05) is 12.8 Å². The van der Waals surface area contributed by atoms with Gasteiger partial charge >= 0.3 is 6.03 Å². The predicted octanol–water partition coefficient (Wildman–Crippen LogP) is 2.99. The van der Waals surface area contributed by atoms with Crippen LogP contribution in [0.15, 0.2) is 35.4 Å². The maximum atomic E-state index is 12.4. The average molecular weight is 395 g/mol. The smallest absolute Gasteiger partial charge is 0.319 e. The molecule has 1 aromatic carbocycles. The number of anilines is 1. The third-order valence-electron chi connectivity index (χ3n) is 4.17. The van der Waals surface area contributed by atoms with Gasteiger partial charge in [0.25, 0.3) is 0 Å². The second-order valence-electron chi connectivity index (χ2n) is 6.30. The fourth-order valence-electron chi connectivity index (χ4n) is 2.86. The van der Waals surface area contributed by atoms with Crippen molar-refractivity contribution >= 4 is 33.1 Å². The summed E-state index contributed by atoms with van der Waals surface area (Å²) in [4.78, 5) is 17.4. The Labute approximate surface area is 157 Å². The fraction of sp³-hybridized carbons (Fsp3) is 0.412. The van der Waals surface area contributed by atoms with Gasteiger partial charge < -0.3 is 10.6 Å². The molecule has 7 nitrogen and oxygen atoms in total. The minimum Gasteiger partial charge on any atom is -0.331 e. The lowest BCUT2D eigenvalue weighted by Crippen LogP contribution is -2.32. The minimum absolute atomic E-state index is 0.0260. The van der Waals surface area contributed by atoms with E-state index in [2.05, 4.69) is 20.3 Å². The van der Waals surface area contributed by atoms with Crippen molar-refractivity contribution in [3.05, 3.63) is 40.3 Å². The summed E-state index contributed by atoms with van der Waals surface area (Å²) in [5, 5.41) is 6.23. The van der Waals surface area contributed by atoms with Gasteiger partial charge in [-0.25, -0.2) is 22.9 Å². The number of benzene rings is 1. The average Bonchev–Trinajstić information content (AvgIpc) is 3.25. The van der Waals surface area contributed by atoms with Crippen LogP contribution in [0.5, 0.6) is 0 Å². The first kappa shape index (κ1) is 18.8. The van der Waals surface area contributed by atoms with Crippen LogP contribution in [-0.2, 0) is 16.6 Å². The van der Waals surface area contributed by atoms with Crippen molar-refractivity contribution in [1.82, 2.24) is 15.0 Å². The van der Waals surface area contributed by atoms with Gasteiger partial charge in [-0.2, -0.15) is 0 Å². The number of carbonyl (C=O) groups is 1. The summed E-state index contributed by atoms with van der Waals surface area (Å²) in [7, 11) is -3.52. The van der Waals surface area contributed by atoms with Gasteiger partial charge in [-0.3, -0.25) is 0 Å². The molecule has 3 rings (SSSR count). The first-order valence-electron chi connectivity index (χ1n) is 8.51. The number of amides is 2. The molecule has 1 saturated carbocycles. The number of carbonyl (C=O) groups excluding carboxylic acids is 1. The number of nitrogens with one attached hydrogen (secondary N) is 3. The lowest BCUT2D eigenvalue weighted by molar-refractivity contribution is 0.251. The van der Waals surface area contributed by atoms with E-state index < -0.39 is 10.0 Å². The molecule has 140 valence electrons. The van der Waals surface area contributed by atoms with Crippen molar-refractivity contribution < 1.29 is 13.2 Å². The Morgan fingerprint density at radius 3 is 2.54 bits per heavy atom. The van der Waals surface area contributed by atoms with Crippen LogP contribution in [0.3, 0.4) is 0 Å². The molecule has 1 aromatic heterocycles. The maximum absolute atomic E-state index is 12.4. The Bertz CT molecular complexity index is 856. The van der Waals surface area contributed by atoms with E-state index in [-0.39, 0.29) is 17.0 Å². The lowest BCUT2D eigenvalue weighted by Gasteiger charge is -2.13. The molecule has 2 aromatic rings. The molecule has 1 aliphatic carbocycles. The van der Waals surface area contributed by atoms with Crippen LogP contribution in [0.25, 0.3) is 0 Å². The summed E-state index contributed by atoms with van der Waals surface area (Å²) in [6, 6.07) is 5.82. The second-order valence-corrected chi connectivity index (χ2v) is 9.33. The number of aryl methyl sites for hydroxylation is 1. The molecule has 1 fully saturated rings. The van der Waals surface area contributed by atoms with Gasteiger partial charge in [0.2, 0.25) is 10.0 Å². The molecular weight excluding hydrogens is 372 g/mol. The van der Waals surface area contributed by atoms with Crippen LogP contribution in [0.1, 0.15) is 35.6 Å². The van der Waals surface area contributed by atoms with Crippen molar-refractivity contribution in [3.8, 4) is 0 Å². The highest BCUT2D eigenvalue weighted by molar-refractivity contribution is 7.89. The monoisotopic (exact) mass is 394 g/mol. The van der Waals surface area contributed by atoms with Gasteiger partial charge in [-0.15, -0.1) is 11.3 Å². The molecule has 2 amide bonds. The first-order valence-corrected chi connectivity index (χ1v) is 10.8. The fourth-order valence-corrected chi connectivity index (χ4v) is 4.89. The van der Waals surface area contributed by atoms with Crippen molar-refractivity contribution in [3.63, 3.8) is 0 Å². The zero-order valence-corrected chi connectivity index (χ0v) is 16.1. The molecule has 0 bridgehead atoms. The van der Waals surface area contributed by atoms with Crippen LogP contribution in [-0.4, -0.2) is 25.5 Å². The Morgan fingerprint density at radius 1 is 1.23 bits per heavy atom. The van der Waals surface area contributed by atoms with E-state index in [4.69, 9.17) is 0 Å². The van der Waals surface area contributed by atoms with Crippen molar-refractivity contribution in [2.24, 2.45) is 0 Å². The molecule has 0 spiro atoms. The Hall–Kier alpha value is -1.97. The Balaban J connectivity index is 1.54. The zero-order chi connectivity index (χ0) is 18.6. The number of sulfonamides is 1. The number of urea groups is 1. The van der Waals surface area contributed by atoms with Gasteiger partial charge in [0.1, 0.15) is 5.01 Å². The molecular formula is C17H22N4O3S2. The van der Waals surface area contributed by atoms with Crippen LogP contribution >= 0.6 is 11.3 Å². The Kier molecular flexibility index (Phi) is 5.90. The van der Waals surface area contributed by atoms with Crippen LogP contribution < -0.4 is 15.4 Å². The van der Waals surface area contributed by atoms with Gasteiger partial charge in [0.05, 0.1) is 11.4 Å². The van der Waals surface area contributed by atoms with E-state index in [1.54, 1.807) is 18.3 Å². The molecule has 0 aliphatic heterocycles. The maximum Gasteiger partial charge on any atom is 0.319 e. The lowest BCUT2D eigenvalue weighted by atomic mass is 10.3. The SMILES string of the molecule is Cc1cnc(CNC(=O)Nc2ccc(S(=O)(=O)NC3CCCC3)cc2)s1. The van der Waals surface area contributed by atoms with E-state index in [1.165, 1.54) is 23.5 Å². The van der Waals surface area contributed by atoms with E-state index in [0.717, 1.165) is 35.6 Å². The van der Waals surface area contributed by atoms with E-state index in [9.17, 15) is 13.2 Å². The van der Waals surface area contributed by atoms with E-state index in [1.807, 2.05) is 6.92 Å². The van der Waals surface area contributed by atoms with Gasteiger partial charge in [0.15, 0.2) is 0 Å². The molecule has 9 heteroatoms. The van der Waals surface area contributed by atoms with Crippen molar-refractivity contribution in [2.45, 2.75) is 50.1 Å². The molecule has 26 heavy (non-hydrogen) atoms. The van der Waals surface area contributed by atoms with Crippen LogP contribution in [0.2, 0.25) is 0 Å². The molecule has 0 saturated heterocycles. The molecule has 1 aliphatic rings. The molecule has 0 unspecified atom stereocenters. The highest BCUT2D eigenvalue weighted by atomic mass is 32.2. The number of hydrogen-bond acceptors (Lipinski definition) is 5. The summed E-state index contributed by atoms with van der Waals surface area (Å²) >= 11 is 1.53. The molecule has 0 atom stereocenters. The van der Waals surface area contributed by atoms with E-state index >= 15 is 0 Å². The summed E-state index contributed by atoms with van der Waals surface area (Å²) in [6.45, 7) is 2.31. The molecule has 1 heterocycles. The van der Waals surface area contributed by atoms with Crippen LogP contribution in [0.4, 0.5) is 10.5 Å². The topological polar surface area (TPSA) is 100 Å². The number of hydrogen-bond donors (Lipinski definition) is 3. The van der Waals surface area contributed by atoms with Crippen molar-refractivity contribution in [1.29, 1.82) is 0 Å². The highest BCUT2D eigenvalue weighted by Gasteiger charge is 2.22. The summed E-state index contributed by atoms with van der Waals surface area (Å²) < 4.78 is 27.5. The number of nitrogens with zero attached hydrogens (tertiary/aromatic N) is 1. The third kappa shape index (κ3) is 5.03. The highest BCUT2D eigenvalue weighted by Crippen LogP contribution is 2.21. The minimum atomic E-state index is -3.52. The molecule has 0 radical (unpaired) electrons. The second kappa shape index (κ2) is 8.15. The summed E-state index contributed by atoms with van der Waals surface area (Å²) in [5.74, 6) is 0.